The Kier molecular flexibility index (Phi) is 6.26. The van der Waals surface area contributed by atoms with Crippen LogP contribution >= 0.6 is 11.6 Å². The number of aromatic nitrogens is 5. The fourth-order valence-corrected chi connectivity index (χ4v) is 8.88. The molecule has 4 saturated heterocycles. The third kappa shape index (κ3) is 4.24. The van der Waals surface area contributed by atoms with Crippen LogP contribution in [0.2, 0.25) is 5.02 Å². The Morgan fingerprint density at radius 2 is 1.98 bits per heavy atom. The smallest absolute Gasteiger partial charge is 0.319 e. The highest BCUT2D eigenvalue weighted by Gasteiger charge is 2.50. The van der Waals surface area contributed by atoms with E-state index in [4.69, 9.17) is 26.3 Å². The summed E-state index contributed by atoms with van der Waals surface area (Å²) in [4.78, 5) is 33.7. The lowest BCUT2D eigenvalue weighted by atomic mass is 9.91. The number of rotatable bonds is 3. The van der Waals surface area contributed by atoms with E-state index in [0.717, 1.165) is 24.9 Å². The molecule has 1 amide bonds. The number of carbonyl (C=O) groups excluding carboxylic acids is 1. The first-order chi connectivity index (χ1) is 21.9. The van der Waals surface area contributed by atoms with Crippen LogP contribution in [0.3, 0.4) is 0 Å². The van der Waals surface area contributed by atoms with E-state index < -0.39 is 17.5 Å². The molecule has 0 aliphatic carbocycles. The van der Waals surface area contributed by atoms with E-state index in [1.54, 1.807) is 18.5 Å². The molecule has 0 saturated carbocycles. The van der Waals surface area contributed by atoms with Gasteiger partial charge in [-0.15, -0.1) is 0 Å². The van der Waals surface area contributed by atoms with Crippen LogP contribution in [0.25, 0.3) is 33.1 Å². The number of carbonyl (C=O) groups is 1. The van der Waals surface area contributed by atoms with E-state index in [1.165, 1.54) is 0 Å². The van der Waals surface area contributed by atoms with Crippen molar-refractivity contribution in [2.24, 2.45) is 5.92 Å². The predicted molar refractivity (Wildman–Crippen MR) is 165 cm³/mol. The standard InChI is InChI=1S/C32H33ClF2N8O2/c33-22-8-23-20(11-37-40-23)26-19(22)4-1-2-5-25(44)43-13-17-12-41(15-24(17)43)30-21-10-36-29(26)27(35)28(21)38-31(39-30)45-16-32-6-3-7-42(32)14-18(34)9-32/h8,10-11,17-18,24H,1-7,9,12-16H2,(H,37,40)/t17-,18+,24-,32-/m0/s1. The number of nitrogens with zero attached hydrogens (tertiary/aromatic N) is 7. The second kappa shape index (κ2) is 10.2. The van der Waals surface area contributed by atoms with Gasteiger partial charge in [0.1, 0.15) is 29.8 Å². The molecule has 0 unspecified atom stereocenters. The summed E-state index contributed by atoms with van der Waals surface area (Å²) in [6.45, 7) is 3.48. The predicted octanol–water partition coefficient (Wildman–Crippen LogP) is 4.69. The van der Waals surface area contributed by atoms with Crippen molar-refractivity contribution in [3.8, 4) is 17.3 Å². The van der Waals surface area contributed by atoms with Gasteiger partial charge in [0.2, 0.25) is 5.91 Å². The molecule has 4 atom stereocenters. The van der Waals surface area contributed by atoms with E-state index in [-0.39, 0.29) is 35.8 Å². The summed E-state index contributed by atoms with van der Waals surface area (Å²) in [6, 6.07) is 1.96. The average Bonchev–Trinajstić information content (AvgIpc) is 3.77. The number of nitrogens with one attached hydrogen (secondary N) is 1. The van der Waals surface area contributed by atoms with Crippen molar-refractivity contribution in [1.82, 2.24) is 34.9 Å². The maximum atomic E-state index is 17.0. The van der Waals surface area contributed by atoms with Gasteiger partial charge in [0.25, 0.3) is 0 Å². The number of ether oxygens (including phenoxy) is 1. The van der Waals surface area contributed by atoms with E-state index in [1.807, 2.05) is 4.90 Å². The van der Waals surface area contributed by atoms with Crippen molar-refractivity contribution in [2.75, 3.05) is 44.2 Å². The number of halogens is 3. The molecule has 3 aromatic heterocycles. The number of anilines is 1. The van der Waals surface area contributed by atoms with Crippen molar-refractivity contribution in [2.45, 2.75) is 62.7 Å². The number of amides is 1. The second-order valence-electron chi connectivity index (χ2n) is 13.4. The van der Waals surface area contributed by atoms with Crippen LogP contribution in [-0.2, 0) is 11.2 Å². The Morgan fingerprint density at radius 1 is 1.09 bits per heavy atom. The molecule has 13 heteroatoms. The van der Waals surface area contributed by atoms with Crippen molar-refractivity contribution >= 4 is 45.1 Å². The van der Waals surface area contributed by atoms with Crippen LogP contribution in [0, 0.1) is 11.7 Å². The maximum absolute atomic E-state index is 17.0. The summed E-state index contributed by atoms with van der Waals surface area (Å²) in [5.41, 5.74) is 1.85. The van der Waals surface area contributed by atoms with Gasteiger partial charge in [-0.05, 0) is 50.3 Å². The van der Waals surface area contributed by atoms with Crippen LogP contribution in [0.4, 0.5) is 14.6 Å². The quantitative estimate of drug-likeness (QED) is 0.346. The van der Waals surface area contributed by atoms with E-state index in [9.17, 15) is 9.18 Å². The Morgan fingerprint density at radius 3 is 2.89 bits per heavy atom. The van der Waals surface area contributed by atoms with Gasteiger partial charge in [0.05, 0.1) is 28.7 Å². The molecule has 1 aromatic carbocycles. The lowest BCUT2D eigenvalue weighted by Gasteiger charge is -2.43. The lowest BCUT2D eigenvalue weighted by Crippen LogP contribution is -2.58. The Labute approximate surface area is 263 Å². The van der Waals surface area contributed by atoms with E-state index >= 15 is 4.39 Å². The zero-order chi connectivity index (χ0) is 30.4. The van der Waals surface area contributed by atoms with E-state index in [0.29, 0.717) is 96.9 Å². The molecule has 10 nitrogen and oxygen atoms in total. The van der Waals surface area contributed by atoms with Gasteiger partial charge in [-0.25, -0.2) is 8.78 Å². The van der Waals surface area contributed by atoms with Crippen molar-refractivity contribution in [3.05, 3.63) is 34.9 Å². The molecule has 0 radical (unpaired) electrons. The Balaban J connectivity index is 1.21. The molecule has 9 heterocycles. The SMILES string of the molecule is O=C1CCCCc2c(Cl)cc3[nH]ncc3c2-c2ncc3c(nc(OC[C@@]45CCCN4C[C@H](F)C5)nc3c2F)N2C[C@H]3CN1[C@H]3C2. The first-order valence-corrected chi connectivity index (χ1v) is 16.3. The van der Waals surface area contributed by atoms with Crippen molar-refractivity contribution < 1.29 is 18.3 Å². The molecule has 4 aromatic rings. The zero-order valence-electron chi connectivity index (χ0n) is 24.7. The van der Waals surface area contributed by atoms with Gasteiger partial charge in [0.15, 0.2) is 5.82 Å². The summed E-state index contributed by atoms with van der Waals surface area (Å²) in [6.07, 6.45) is 7.08. The minimum absolute atomic E-state index is 0.0603. The number of alkyl halides is 1. The van der Waals surface area contributed by atoms with Gasteiger partial charge < -0.3 is 14.5 Å². The monoisotopic (exact) mass is 634 g/mol. The maximum Gasteiger partial charge on any atom is 0.319 e. The third-order valence-corrected chi connectivity index (χ3v) is 11.2. The minimum atomic E-state index is -0.891. The minimum Gasteiger partial charge on any atom is -0.461 e. The Hall–Kier alpha value is -3.64. The van der Waals surface area contributed by atoms with Gasteiger partial charge in [-0.2, -0.15) is 15.1 Å². The number of pyridine rings is 1. The van der Waals surface area contributed by atoms with Crippen molar-refractivity contribution in [1.29, 1.82) is 0 Å². The number of hydrogen-bond acceptors (Lipinski definition) is 8. The van der Waals surface area contributed by atoms with Crippen LogP contribution in [0.1, 0.15) is 44.1 Å². The zero-order valence-corrected chi connectivity index (χ0v) is 25.5. The number of aromatic amines is 1. The van der Waals surface area contributed by atoms with Crippen LogP contribution < -0.4 is 9.64 Å². The number of fused-ring (bicyclic) bond motifs is 7. The van der Waals surface area contributed by atoms with Crippen LogP contribution in [-0.4, -0.2) is 97.9 Å². The summed E-state index contributed by atoms with van der Waals surface area (Å²) >= 11 is 6.81. The van der Waals surface area contributed by atoms with E-state index in [2.05, 4.69) is 25.0 Å². The highest BCUT2D eigenvalue weighted by molar-refractivity contribution is 6.33. The largest absolute Gasteiger partial charge is 0.461 e. The third-order valence-electron chi connectivity index (χ3n) is 10.8. The lowest BCUT2D eigenvalue weighted by molar-refractivity contribution is -0.141. The first kappa shape index (κ1) is 27.7. The summed E-state index contributed by atoms with van der Waals surface area (Å²) < 4.78 is 37.7. The van der Waals surface area contributed by atoms with Gasteiger partial charge >= 0.3 is 6.01 Å². The molecule has 45 heavy (non-hydrogen) atoms. The van der Waals surface area contributed by atoms with Crippen LogP contribution in [0.5, 0.6) is 6.01 Å². The molecule has 234 valence electrons. The molecular weight excluding hydrogens is 602 g/mol. The van der Waals surface area contributed by atoms with Crippen molar-refractivity contribution in [3.63, 3.8) is 0 Å². The van der Waals surface area contributed by atoms with Crippen LogP contribution in [0.15, 0.2) is 18.5 Å². The average molecular weight is 635 g/mol. The molecular formula is C32H33ClF2N8O2. The molecule has 1 N–H and O–H groups in total. The molecule has 6 aliphatic rings. The fraction of sp³-hybridized carbons (Fsp3) is 0.531. The number of benzene rings is 1. The normalized spacial score (nSPS) is 28.0. The highest BCUT2D eigenvalue weighted by Crippen LogP contribution is 2.43. The van der Waals surface area contributed by atoms with Gasteiger partial charge in [-0.1, -0.05) is 11.6 Å². The molecule has 0 spiro atoms. The molecule has 10 rings (SSSR count). The fourth-order valence-electron chi connectivity index (χ4n) is 8.58. The first-order valence-electron chi connectivity index (χ1n) is 16.0. The molecule has 6 bridgehead atoms. The van der Waals surface area contributed by atoms with Gasteiger partial charge in [0, 0.05) is 67.1 Å². The topological polar surface area (TPSA) is 103 Å². The van der Waals surface area contributed by atoms with Gasteiger partial charge in [-0.3, -0.25) is 19.8 Å². The second-order valence-corrected chi connectivity index (χ2v) is 13.8. The molecule has 6 aliphatic heterocycles. The summed E-state index contributed by atoms with van der Waals surface area (Å²) in [7, 11) is 0. The number of H-pyrrole nitrogens is 1. The Bertz CT molecular complexity index is 1870. The molecule has 4 fully saturated rings. The summed E-state index contributed by atoms with van der Waals surface area (Å²) in [5, 5.41) is 8.83. The number of hydrogen-bond donors (Lipinski definition) is 1. The highest BCUT2D eigenvalue weighted by atomic mass is 35.5. The summed E-state index contributed by atoms with van der Waals surface area (Å²) in [5.74, 6) is 0.442.